The highest BCUT2D eigenvalue weighted by Gasteiger charge is 2.19. The van der Waals surface area contributed by atoms with Gasteiger partial charge in [0.15, 0.2) is 0 Å². The van der Waals surface area contributed by atoms with Gasteiger partial charge in [-0.1, -0.05) is 86.6 Å². The molecule has 2 heteroatoms. The molecule has 0 aliphatic rings. The van der Waals surface area contributed by atoms with E-state index in [1.807, 2.05) is 24.3 Å². The predicted octanol–water partition coefficient (Wildman–Crippen LogP) is 7.72. The van der Waals surface area contributed by atoms with Crippen molar-refractivity contribution in [1.29, 1.82) is 0 Å². The Morgan fingerprint density at radius 2 is 0.800 bits per heavy atom. The maximum absolute atomic E-state index is 5.80. The van der Waals surface area contributed by atoms with Crippen LogP contribution in [0.15, 0.2) is 97.1 Å². The third-order valence-corrected chi connectivity index (χ3v) is 7.32. The summed E-state index contributed by atoms with van der Waals surface area (Å²) in [5.41, 5.74) is 21.5. The van der Waals surface area contributed by atoms with Crippen LogP contribution in [0.5, 0.6) is 0 Å². The van der Waals surface area contributed by atoms with Crippen LogP contribution in [0, 0.1) is 0 Å². The molecule has 0 heterocycles. The SMILES string of the molecule is CCC(c1ccc(CCc2ccc(N)cc2)cc1)C(C)c1ccc(CCc2ccc(N)cc2)cc1. The normalized spacial score (nSPS) is 12.9. The van der Waals surface area contributed by atoms with E-state index in [4.69, 9.17) is 11.5 Å². The Morgan fingerprint density at radius 3 is 1.14 bits per heavy atom. The van der Waals surface area contributed by atoms with Gasteiger partial charge in [0.05, 0.1) is 0 Å². The summed E-state index contributed by atoms with van der Waals surface area (Å²) in [7, 11) is 0. The van der Waals surface area contributed by atoms with Crippen LogP contribution in [0.1, 0.15) is 65.5 Å². The van der Waals surface area contributed by atoms with Crippen molar-refractivity contribution >= 4 is 11.4 Å². The van der Waals surface area contributed by atoms with Crippen molar-refractivity contribution in [3.8, 4) is 0 Å². The second kappa shape index (κ2) is 11.8. The van der Waals surface area contributed by atoms with Gasteiger partial charge in [0, 0.05) is 11.4 Å². The first-order chi connectivity index (χ1) is 17.0. The molecule has 0 fully saturated rings. The van der Waals surface area contributed by atoms with Crippen molar-refractivity contribution in [2.75, 3.05) is 11.5 Å². The lowest BCUT2D eigenvalue weighted by molar-refractivity contribution is 0.559. The largest absolute Gasteiger partial charge is 0.399 e. The first-order valence-electron chi connectivity index (χ1n) is 12.9. The summed E-state index contributed by atoms with van der Waals surface area (Å²) in [6.45, 7) is 4.67. The van der Waals surface area contributed by atoms with E-state index in [0.717, 1.165) is 43.5 Å². The first kappa shape index (κ1) is 24.6. The van der Waals surface area contributed by atoms with E-state index in [2.05, 4.69) is 86.6 Å². The van der Waals surface area contributed by atoms with Crippen LogP contribution in [-0.4, -0.2) is 0 Å². The molecule has 2 atom stereocenters. The molecule has 4 aromatic carbocycles. The molecular formula is C33H38N2. The van der Waals surface area contributed by atoms with Gasteiger partial charge in [-0.2, -0.15) is 0 Å². The molecule has 0 amide bonds. The van der Waals surface area contributed by atoms with Crippen molar-refractivity contribution in [3.05, 3.63) is 130 Å². The van der Waals surface area contributed by atoms with Crippen LogP contribution < -0.4 is 11.5 Å². The Bertz CT molecular complexity index is 1170. The summed E-state index contributed by atoms with van der Waals surface area (Å²) in [6.07, 6.45) is 5.31. The molecule has 180 valence electrons. The number of rotatable bonds is 10. The Morgan fingerprint density at radius 1 is 0.486 bits per heavy atom. The summed E-state index contributed by atoms with van der Waals surface area (Å²) in [5, 5.41) is 0. The van der Waals surface area contributed by atoms with E-state index in [-0.39, 0.29) is 0 Å². The van der Waals surface area contributed by atoms with Gasteiger partial charge in [0.2, 0.25) is 0 Å². The highest BCUT2D eigenvalue weighted by molar-refractivity contribution is 5.40. The monoisotopic (exact) mass is 462 g/mol. The first-order valence-corrected chi connectivity index (χ1v) is 12.9. The molecule has 0 aromatic heterocycles. The number of nitrogens with two attached hydrogens (primary N) is 2. The molecule has 0 bridgehead atoms. The van der Waals surface area contributed by atoms with Crippen LogP contribution in [0.3, 0.4) is 0 Å². The minimum absolute atomic E-state index is 0.478. The standard InChI is InChI=1S/C33H38N2/c1-3-33(30-18-10-26(11-19-30)5-7-28-14-22-32(35)23-15-28)24(2)29-16-8-25(9-17-29)4-6-27-12-20-31(34)21-13-27/h8-24,33H,3-7,34-35H2,1-2H3. The summed E-state index contributed by atoms with van der Waals surface area (Å²) >= 11 is 0. The Hall–Kier alpha value is -3.52. The van der Waals surface area contributed by atoms with Crippen LogP contribution in [-0.2, 0) is 25.7 Å². The lowest BCUT2D eigenvalue weighted by atomic mass is 9.80. The van der Waals surface area contributed by atoms with Crippen molar-refractivity contribution in [3.63, 3.8) is 0 Å². The zero-order valence-electron chi connectivity index (χ0n) is 21.1. The fraction of sp³-hybridized carbons (Fsp3) is 0.273. The number of aryl methyl sites for hydroxylation is 4. The number of nitrogen functional groups attached to an aromatic ring is 2. The number of hydrogen-bond donors (Lipinski definition) is 2. The van der Waals surface area contributed by atoms with Crippen molar-refractivity contribution < 1.29 is 0 Å². The summed E-state index contributed by atoms with van der Waals surface area (Å²) in [4.78, 5) is 0. The fourth-order valence-corrected chi connectivity index (χ4v) is 4.98. The maximum Gasteiger partial charge on any atom is 0.0314 e. The van der Waals surface area contributed by atoms with Gasteiger partial charge < -0.3 is 11.5 Å². The van der Waals surface area contributed by atoms with E-state index >= 15 is 0 Å². The molecule has 0 saturated heterocycles. The van der Waals surface area contributed by atoms with Crippen LogP contribution in [0.2, 0.25) is 0 Å². The zero-order valence-corrected chi connectivity index (χ0v) is 21.1. The third kappa shape index (κ3) is 6.76. The van der Waals surface area contributed by atoms with Gasteiger partial charge in [0.25, 0.3) is 0 Å². The molecule has 4 aromatic rings. The summed E-state index contributed by atoms with van der Waals surface area (Å²) in [5.74, 6) is 0.994. The van der Waals surface area contributed by atoms with E-state index in [0.29, 0.717) is 11.8 Å². The van der Waals surface area contributed by atoms with E-state index in [1.54, 1.807) is 0 Å². The topological polar surface area (TPSA) is 52.0 Å². The molecule has 0 aliphatic carbocycles. The van der Waals surface area contributed by atoms with Crippen LogP contribution in [0.25, 0.3) is 0 Å². The van der Waals surface area contributed by atoms with E-state index in [1.165, 1.54) is 33.4 Å². The average molecular weight is 463 g/mol. The number of anilines is 2. The highest BCUT2D eigenvalue weighted by Crippen LogP contribution is 2.35. The molecule has 0 saturated carbocycles. The fourth-order valence-electron chi connectivity index (χ4n) is 4.98. The van der Waals surface area contributed by atoms with Crippen molar-refractivity contribution in [2.45, 2.75) is 57.8 Å². The second-order valence-electron chi connectivity index (χ2n) is 9.77. The second-order valence-corrected chi connectivity index (χ2v) is 9.77. The number of benzene rings is 4. The van der Waals surface area contributed by atoms with Crippen LogP contribution in [0.4, 0.5) is 11.4 Å². The average Bonchev–Trinajstić information content (AvgIpc) is 2.89. The van der Waals surface area contributed by atoms with E-state index in [9.17, 15) is 0 Å². The van der Waals surface area contributed by atoms with Crippen molar-refractivity contribution in [1.82, 2.24) is 0 Å². The molecule has 4 rings (SSSR count). The van der Waals surface area contributed by atoms with Gasteiger partial charge in [0.1, 0.15) is 0 Å². The molecule has 0 aliphatic heterocycles. The minimum atomic E-state index is 0.478. The number of hydrogen-bond acceptors (Lipinski definition) is 2. The minimum Gasteiger partial charge on any atom is -0.399 e. The summed E-state index contributed by atoms with van der Waals surface area (Å²) < 4.78 is 0. The Kier molecular flexibility index (Phi) is 8.26. The highest BCUT2D eigenvalue weighted by atomic mass is 14.5. The maximum atomic E-state index is 5.80. The quantitative estimate of drug-likeness (QED) is 0.237. The molecule has 0 spiro atoms. The third-order valence-electron chi connectivity index (χ3n) is 7.32. The predicted molar refractivity (Wildman–Crippen MR) is 151 cm³/mol. The Labute approximate surface area is 211 Å². The summed E-state index contributed by atoms with van der Waals surface area (Å²) in [6, 6.07) is 35.0. The van der Waals surface area contributed by atoms with Gasteiger partial charge in [-0.15, -0.1) is 0 Å². The molecule has 2 unspecified atom stereocenters. The lowest BCUT2D eigenvalue weighted by Gasteiger charge is -2.24. The lowest BCUT2D eigenvalue weighted by Crippen LogP contribution is -2.08. The van der Waals surface area contributed by atoms with Crippen molar-refractivity contribution in [2.24, 2.45) is 0 Å². The van der Waals surface area contributed by atoms with Crippen LogP contribution >= 0.6 is 0 Å². The smallest absolute Gasteiger partial charge is 0.0314 e. The van der Waals surface area contributed by atoms with Gasteiger partial charge >= 0.3 is 0 Å². The van der Waals surface area contributed by atoms with Gasteiger partial charge in [-0.3, -0.25) is 0 Å². The molecule has 4 N–H and O–H groups in total. The van der Waals surface area contributed by atoms with Gasteiger partial charge in [-0.25, -0.2) is 0 Å². The molecule has 2 nitrogen and oxygen atoms in total. The van der Waals surface area contributed by atoms with Gasteiger partial charge in [-0.05, 0) is 102 Å². The Balaban J connectivity index is 1.35. The van der Waals surface area contributed by atoms with E-state index < -0.39 is 0 Å². The molecule has 0 radical (unpaired) electrons. The molecular weight excluding hydrogens is 424 g/mol. The molecule has 35 heavy (non-hydrogen) atoms. The zero-order chi connectivity index (χ0) is 24.6.